The largest absolute Gasteiger partial charge is 0.465 e. The van der Waals surface area contributed by atoms with E-state index in [0.717, 1.165) is 43.9 Å². The zero-order valence-corrected chi connectivity index (χ0v) is 12.8. The van der Waals surface area contributed by atoms with E-state index < -0.39 is 0 Å². The minimum atomic E-state index is 0.0185. The second-order valence-corrected chi connectivity index (χ2v) is 6.26. The van der Waals surface area contributed by atoms with E-state index in [0.29, 0.717) is 0 Å². The van der Waals surface area contributed by atoms with Crippen LogP contribution < -0.4 is 11.1 Å². The molecule has 0 aliphatic carbocycles. The summed E-state index contributed by atoms with van der Waals surface area (Å²) in [4.78, 5) is 14.4. The van der Waals surface area contributed by atoms with Crippen LogP contribution in [-0.4, -0.2) is 36.0 Å². The number of hydrogen-bond acceptors (Lipinski definition) is 4. The fraction of sp³-hybridized carbons (Fsp3) is 0.688. The Morgan fingerprint density at radius 1 is 1.52 bits per heavy atom. The number of nitrogens with zero attached hydrogens (tertiary/aromatic N) is 1. The molecule has 0 spiro atoms. The summed E-state index contributed by atoms with van der Waals surface area (Å²) >= 11 is 0. The summed E-state index contributed by atoms with van der Waals surface area (Å²) in [5, 5.41) is 3.01. The standard InChI is InChI=1S/C16H25N3O2/c1-3-12(17)15(14-7-6-10(2)21-14)19-8-4-5-11-13(19)9-18-16(11)20/h6-7,11-13,15H,3-5,8-9,17H2,1-2H3,(H,18,20). The molecule has 2 aliphatic rings. The molecule has 0 bridgehead atoms. The SMILES string of the molecule is CCC(N)C(c1ccc(C)o1)N1CCCC2C(=O)NCC21. The zero-order chi connectivity index (χ0) is 15.0. The molecule has 5 heteroatoms. The summed E-state index contributed by atoms with van der Waals surface area (Å²) in [5.74, 6) is 2.15. The Balaban J connectivity index is 1.90. The number of furan rings is 1. The number of rotatable bonds is 4. The first-order chi connectivity index (χ1) is 10.1. The minimum Gasteiger partial charge on any atom is -0.465 e. The van der Waals surface area contributed by atoms with Crippen LogP contribution in [0.4, 0.5) is 0 Å². The molecule has 1 aromatic heterocycles. The number of nitrogens with two attached hydrogens (primary N) is 1. The van der Waals surface area contributed by atoms with Gasteiger partial charge in [-0.25, -0.2) is 0 Å². The van der Waals surface area contributed by atoms with Crippen LogP contribution in [-0.2, 0) is 4.79 Å². The van der Waals surface area contributed by atoms with Gasteiger partial charge >= 0.3 is 0 Å². The molecule has 2 aliphatic heterocycles. The van der Waals surface area contributed by atoms with Gasteiger partial charge in [-0.2, -0.15) is 0 Å². The number of carbonyl (C=O) groups is 1. The Labute approximate surface area is 125 Å². The highest BCUT2D eigenvalue weighted by molar-refractivity contribution is 5.82. The van der Waals surface area contributed by atoms with Crippen LogP contribution in [0.3, 0.4) is 0 Å². The van der Waals surface area contributed by atoms with Crippen LogP contribution in [0.5, 0.6) is 0 Å². The maximum absolute atomic E-state index is 12.0. The fourth-order valence-corrected chi connectivity index (χ4v) is 3.79. The van der Waals surface area contributed by atoms with Gasteiger partial charge in [0.2, 0.25) is 5.91 Å². The first-order valence-electron chi connectivity index (χ1n) is 7.97. The van der Waals surface area contributed by atoms with Crippen molar-refractivity contribution < 1.29 is 9.21 Å². The van der Waals surface area contributed by atoms with E-state index in [1.54, 1.807) is 0 Å². The maximum atomic E-state index is 12.0. The molecule has 21 heavy (non-hydrogen) atoms. The number of likely N-dealkylation sites (tertiary alicyclic amines) is 1. The molecule has 116 valence electrons. The lowest BCUT2D eigenvalue weighted by molar-refractivity contribution is -0.124. The van der Waals surface area contributed by atoms with Crippen molar-refractivity contribution >= 4 is 5.91 Å². The van der Waals surface area contributed by atoms with Gasteiger partial charge in [0.1, 0.15) is 11.5 Å². The van der Waals surface area contributed by atoms with Crippen LogP contribution in [0.2, 0.25) is 0 Å². The van der Waals surface area contributed by atoms with Crippen LogP contribution >= 0.6 is 0 Å². The highest BCUT2D eigenvalue weighted by Crippen LogP contribution is 2.36. The number of amides is 1. The Morgan fingerprint density at radius 3 is 3.00 bits per heavy atom. The van der Waals surface area contributed by atoms with Gasteiger partial charge in [-0.1, -0.05) is 6.92 Å². The Kier molecular flexibility index (Phi) is 4.04. The molecule has 3 N–H and O–H groups in total. The monoisotopic (exact) mass is 291 g/mol. The smallest absolute Gasteiger partial charge is 0.224 e. The second-order valence-electron chi connectivity index (χ2n) is 6.26. The molecular weight excluding hydrogens is 266 g/mol. The maximum Gasteiger partial charge on any atom is 0.224 e. The van der Waals surface area contributed by atoms with Crippen molar-refractivity contribution in [3.05, 3.63) is 23.7 Å². The van der Waals surface area contributed by atoms with E-state index in [2.05, 4.69) is 17.1 Å². The van der Waals surface area contributed by atoms with Gasteiger partial charge < -0.3 is 15.5 Å². The van der Waals surface area contributed by atoms with Crippen LogP contribution in [0, 0.1) is 12.8 Å². The summed E-state index contributed by atoms with van der Waals surface area (Å²) < 4.78 is 5.87. The highest BCUT2D eigenvalue weighted by atomic mass is 16.3. The van der Waals surface area contributed by atoms with Crippen LogP contribution in [0.1, 0.15) is 43.7 Å². The molecule has 3 rings (SSSR count). The second kappa shape index (κ2) is 5.81. The van der Waals surface area contributed by atoms with E-state index in [9.17, 15) is 4.79 Å². The number of fused-ring (bicyclic) bond motifs is 1. The van der Waals surface area contributed by atoms with Crippen molar-refractivity contribution in [2.45, 2.75) is 51.2 Å². The quantitative estimate of drug-likeness (QED) is 0.883. The molecule has 2 fully saturated rings. The average molecular weight is 291 g/mol. The van der Waals surface area contributed by atoms with E-state index in [1.807, 2.05) is 19.1 Å². The Morgan fingerprint density at radius 2 is 2.33 bits per heavy atom. The summed E-state index contributed by atoms with van der Waals surface area (Å²) in [7, 11) is 0. The molecule has 4 unspecified atom stereocenters. The van der Waals surface area contributed by atoms with E-state index in [4.69, 9.17) is 10.2 Å². The first kappa shape index (κ1) is 14.6. The van der Waals surface area contributed by atoms with E-state index in [-0.39, 0.29) is 30.0 Å². The van der Waals surface area contributed by atoms with Gasteiger partial charge in [0.15, 0.2) is 0 Å². The molecule has 1 amide bonds. The lowest BCUT2D eigenvalue weighted by Gasteiger charge is -2.42. The van der Waals surface area contributed by atoms with Crippen LogP contribution in [0.25, 0.3) is 0 Å². The number of aryl methyl sites for hydroxylation is 1. The summed E-state index contributed by atoms with van der Waals surface area (Å²) in [6.45, 7) is 5.77. The molecule has 0 aromatic carbocycles. The van der Waals surface area contributed by atoms with Gasteiger partial charge in [-0.05, 0) is 44.9 Å². The first-order valence-corrected chi connectivity index (χ1v) is 7.97. The van der Waals surface area contributed by atoms with Crippen molar-refractivity contribution in [3.8, 4) is 0 Å². The predicted molar refractivity (Wildman–Crippen MR) is 80.7 cm³/mol. The normalized spacial score (nSPS) is 29.0. The molecule has 2 saturated heterocycles. The van der Waals surface area contributed by atoms with Gasteiger partial charge in [-0.15, -0.1) is 0 Å². The van der Waals surface area contributed by atoms with Crippen molar-refractivity contribution in [3.63, 3.8) is 0 Å². The molecule has 0 saturated carbocycles. The average Bonchev–Trinajstić information content (AvgIpc) is 3.07. The van der Waals surface area contributed by atoms with Crippen molar-refractivity contribution in [1.82, 2.24) is 10.2 Å². The molecule has 5 nitrogen and oxygen atoms in total. The minimum absolute atomic E-state index is 0.0185. The molecule has 3 heterocycles. The van der Waals surface area contributed by atoms with Gasteiger partial charge in [0, 0.05) is 18.6 Å². The Bertz CT molecular complexity index is 513. The number of piperidine rings is 1. The highest BCUT2D eigenvalue weighted by Gasteiger charge is 2.45. The number of carbonyl (C=O) groups excluding carboxylic acids is 1. The topological polar surface area (TPSA) is 71.5 Å². The van der Waals surface area contributed by atoms with Gasteiger partial charge in [-0.3, -0.25) is 9.69 Å². The van der Waals surface area contributed by atoms with Crippen molar-refractivity contribution in [2.75, 3.05) is 13.1 Å². The van der Waals surface area contributed by atoms with Gasteiger partial charge in [0.25, 0.3) is 0 Å². The zero-order valence-electron chi connectivity index (χ0n) is 12.8. The third-order valence-corrected chi connectivity index (χ3v) is 4.93. The predicted octanol–water partition coefficient (Wildman–Crippen LogP) is 1.58. The third-order valence-electron chi connectivity index (χ3n) is 4.93. The molecule has 1 aromatic rings. The third kappa shape index (κ3) is 2.60. The molecule has 4 atom stereocenters. The lowest BCUT2D eigenvalue weighted by atomic mass is 9.88. The van der Waals surface area contributed by atoms with Crippen molar-refractivity contribution in [2.24, 2.45) is 11.7 Å². The summed E-state index contributed by atoms with van der Waals surface area (Å²) in [5.41, 5.74) is 6.40. The number of nitrogens with one attached hydrogen (secondary N) is 1. The fourth-order valence-electron chi connectivity index (χ4n) is 3.79. The summed E-state index contributed by atoms with van der Waals surface area (Å²) in [6, 6.07) is 4.35. The van der Waals surface area contributed by atoms with E-state index >= 15 is 0 Å². The van der Waals surface area contributed by atoms with Crippen molar-refractivity contribution in [1.29, 1.82) is 0 Å². The molecule has 0 radical (unpaired) electrons. The van der Waals surface area contributed by atoms with Crippen LogP contribution in [0.15, 0.2) is 16.5 Å². The van der Waals surface area contributed by atoms with Gasteiger partial charge in [0.05, 0.1) is 12.0 Å². The summed E-state index contributed by atoms with van der Waals surface area (Å²) in [6.07, 6.45) is 2.92. The van der Waals surface area contributed by atoms with E-state index in [1.165, 1.54) is 0 Å². The Hall–Kier alpha value is -1.33. The molecular formula is C16H25N3O2. The number of hydrogen-bond donors (Lipinski definition) is 2. The lowest BCUT2D eigenvalue weighted by Crippen LogP contribution is -2.51.